The first kappa shape index (κ1) is 21.6. The summed E-state index contributed by atoms with van der Waals surface area (Å²) in [5.74, 6) is 0.269. The minimum absolute atomic E-state index is 0.269. The maximum absolute atomic E-state index is 10.2. The van der Waals surface area contributed by atoms with Crippen molar-refractivity contribution in [3.05, 3.63) is 53.6 Å². The van der Waals surface area contributed by atoms with Crippen molar-refractivity contribution in [2.45, 2.75) is 50.6 Å². The molecule has 1 fully saturated rings. The molecule has 1 aliphatic heterocycles. The zero-order chi connectivity index (χ0) is 22.0. The highest BCUT2D eigenvalue weighted by Gasteiger charge is 2.45. The summed E-state index contributed by atoms with van der Waals surface area (Å²) in [7, 11) is 0. The summed E-state index contributed by atoms with van der Waals surface area (Å²) in [6, 6.07) is 13.3. The van der Waals surface area contributed by atoms with E-state index in [-0.39, 0.29) is 5.75 Å². The molecule has 3 aromatic rings. The molecule has 2 heterocycles. The Morgan fingerprint density at radius 1 is 1.03 bits per heavy atom. The van der Waals surface area contributed by atoms with Crippen molar-refractivity contribution >= 4 is 11.0 Å². The molecule has 2 aromatic carbocycles. The second kappa shape index (κ2) is 9.27. The molecular weight excluding hydrogens is 406 g/mol. The fraction of sp³-hybridized carbons (Fsp3) is 0.429. The van der Waals surface area contributed by atoms with Crippen LogP contribution in [0, 0.1) is 0 Å². The summed E-state index contributed by atoms with van der Waals surface area (Å²) in [6.07, 6.45) is -6.14. The lowest BCUT2D eigenvalue weighted by Gasteiger charge is -2.38. The molecule has 4 rings (SSSR count). The van der Waals surface area contributed by atoms with Crippen molar-refractivity contribution < 1.29 is 34.9 Å². The van der Waals surface area contributed by atoms with Crippen LogP contribution in [-0.4, -0.2) is 72.7 Å². The van der Waals surface area contributed by atoms with Gasteiger partial charge in [0.15, 0.2) is 18.1 Å². The van der Waals surface area contributed by atoms with Crippen LogP contribution in [0.5, 0.6) is 5.75 Å². The first-order valence-corrected chi connectivity index (χ1v) is 10.1. The minimum atomic E-state index is -1.60. The number of hydrogen-bond acceptors (Lipinski definition) is 9. The highest BCUT2D eigenvalue weighted by atomic mass is 17.2. The fourth-order valence-electron chi connectivity index (χ4n) is 3.51. The Bertz CT molecular complexity index is 1010. The predicted molar refractivity (Wildman–Crippen MR) is 108 cm³/mol. The van der Waals surface area contributed by atoms with Crippen LogP contribution < -0.4 is 4.89 Å². The first-order chi connectivity index (χ1) is 15.0. The van der Waals surface area contributed by atoms with Gasteiger partial charge in [-0.05, 0) is 29.7 Å². The molecule has 166 valence electrons. The number of nitrogens with zero attached hydrogens (tertiary/aromatic N) is 3. The summed E-state index contributed by atoms with van der Waals surface area (Å²) in [5.41, 5.74) is 3.41. The van der Waals surface area contributed by atoms with E-state index >= 15 is 0 Å². The van der Waals surface area contributed by atoms with Gasteiger partial charge in [-0.15, -0.1) is 5.10 Å². The highest BCUT2D eigenvalue weighted by molar-refractivity contribution is 5.81. The predicted octanol–water partition coefficient (Wildman–Crippen LogP) is 0.152. The van der Waals surface area contributed by atoms with Gasteiger partial charge in [-0.2, -0.15) is 4.89 Å². The van der Waals surface area contributed by atoms with E-state index < -0.39 is 37.3 Å². The Kier molecular flexibility index (Phi) is 6.46. The van der Waals surface area contributed by atoms with E-state index in [2.05, 4.69) is 29.4 Å². The summed E-state index contributed by atoms with van der Waals surface area (Å²) >= 11 is 0. The van der Waals surface area contributed by atoms with Gasteiger partial charge in [0.25, 0.3) is 0 Å². The number of aromatic nitrogens is 3. The maximum atomic E-state index is 10.2. The van der Waals surface area contributed by atoms with E-state index in [4.69, 9.17) is 14.5 Å². The average Bonchev–Trinajstić information content (AvgIpc) is 3.20. The van der Waals surface area contributed by atoms with Crippen LogP contribution >= 0.6 is 0 Å². The number of aryl methyl sites for hydroxylation is 1. The quantitative estimate of drug-likeness (QED) is 0.304. The first-order valence-electron chi connectivity index (χ1n) is 10.1. The normalized spacial score (nSPS) is 26.3. The van der Waals surface area contributed by atoms with Crippen molar-refractivity contribution in [2.24, 2.45) is 0 Å². The van der Waals surface area contributed by atoms with Crippen LogP contribution in [0.3, 0.4) is 0 Å². The molecule has 5 atom stereocenters. The van der Waals surface area contributed by atoms with Crippen LogP contribution in [0.2, 0.25) is 0 Å². The van der Waals surface area contributed by atoms with E-state index in [1.54, 1.807) is 22.9 Å². The molecule has 0 amide bonds. The zero-order valence-corrected chi connectivity index (χ0v) is 16.9. The van der Waals surface area contributed by atoms with Crippen molar-refractivity contribution in [1.29, 1.82) is 0 Å². The number of ether oxygens (including phenoxy) is 1. The molecule has 0 radical (unpaired) electrons. The number of hydrogen-bond donors (Lipinski definition) is 4. The maximum Gasteiger partial charge on any atom is 0.192 e. The third-order valence-electron chi connectivity index (χ3n) is 5.35. The van der Waals surface area contributed by atoms with E-state index in [9.17, 15) is 20.4 Å². The average molecular weight is 431 g/mol. The van der Waals surface area contributed by atoms with Crippen molar-refractivity contribution in [2.75, 3.05) is 6.61 Å². The molecule has 1 aromatic heterocycles. The number of fused-ring (bicyclic) bond motifs is 1. The van der Waals surface area contributed by atoms with E-state index in [1.165, 1.54) is 5.56 Å². The van der Waals surface area contributed by atoms with Crippen LogP contribution in [0.15, 0.2) is 42.5 Å². The van der Waals surface area contributed by atoms with E-state index in [0.717, 1.165) is 12.0 Å². The molecular formula is C21H25N3O7. The highest BCUT2D eigenvalue weighted by Crippen LogP contribution is 2.28. The van der Waals surface area contributed by atoms with Crippen molar-refractivity contribution in [3.8, 4) is 5.75 Å². The summed E-state index contributed by atoms with van der Waals surface area (Å²) in [5, 5.41) is 47.8. The number of para-hydroxylation sites is 1. The van der Waals surface area contributed by atoms with Crippen molar-refractivity contribution in [1.82, 2.24) is 15.0 Å². The van der Waals surface area contributed by atoms with Gasteiger partial charge in [0.1, 0.15) is 29.3 Å². The molecule has 1 unspecified atom stereocenters. The van der Waals surface area contributed by atoms with E-state index in [1.807, 2.05) is 12.1 Å². The second-order valence-corrected chi connectivity index (χ2v) is 7.41. The molecule has 0 bridgehead atoms. The number of aliphatic hydroxyl groups is 4. The lowest BCUT2D eigenvalue weighted by atomic mass is 9.99. The molecule has 1 saturated heterocycles. The lowest BCUT2D eigenvalue weighted by Crippen LogP contribution is -2.59. The van der Waals surface area contributed by atoms with E-state index in [0.29, 0.717) is 17.6 Å². The third-order valence-corrected chi connectivity index (χ3v) is 5.35. The summed E-state index contributed by atoms with van der Waals surface area (Å²) in [4.78, 5) is 10.6. The fourth-order valence-corrected chi connectivity index (χ4v) is 3.51. The molecule has 0 saturated carbocycles. The molecule has 10 heteroatoms. The summed E-state index contributed by atoms with van der Waals surface area (Å²) in [6.45, 7) is 1.99. The van der Waals surface area contributed by atoms with Gasteiger partial charge in [-0.1, -0.05) is 42.5 Å². The van der Waals surface area contributed by atoms with Crippen molar-refractivity contribution in [3.63, 3.8) is 0 Å². The lowest BCUT2D eigenvalue weighted by molar-refractivity contribution is -0.364. The minimum Gasteiger partial charge on any atom is -0.394 e. The second-order valence-electron chi connectivity index (χ2n) is 7.41. The molecule has 4 N–H and O–H groups in total. The van der Waals surface area contributed by atoms with Gasteiger partial charge in [0.05, 0.1) is 13.2 Å². The number of benzene rings is 2. The smallest absolute Gasteiger partial charge is 0.192 e. The van der Waals surface area contributed by atoms with Crippen LogP contribution in [0.25, 0.3) is 11.0 Å². The number of rotatable bonds is 7. The van der Waals surface area contributed by atoms with Gasteiger partial charge >= 0.3 is 0 Å². The van der Waals surface area contributed by atoms with Crippen LogP contribution in [0.4, 0.5) is 0 Å². The Labute approximate surface area is 178 Å². The monoisotopic (exact) mass is 431 g/mol. The van der Waals surface area contributed by atoms with Crippen LogP contribution in [0.1, 0.15) is 18.1 Å². The van der Waals surface area contributed by atoms with Crippen LogP contribution in [-0.2, 0) is 22.6 Å². The SMILES string of the molecule is CCc1ccc(Cn2nnc3cccc(OO[C@H]4C(O)O[C@H](CO)[C@@H](O)[C@@H]4O)c32)cc1. The van der Waals surface area contributed by atoms with Gasteiger partial charge in [-0.25, -0.2) is 4.68 Å². The zero-order valence-electron chi connectivity index (χ0n) is 16.9. The number of aliphatic hydroxyl groups excluding tert-OH is 4. The Morgan fingerprint density at radius 3 is 2.48 bits per heavy atom. The Morgan fingerprint density at radius 2 is 1.77 bits per heavy atom. The molecule has 31 heavy (non-hydrogen) atoms. The molecule has 1 aliphatic rings. The topological polar surface area (TPSA) is 139 Å². The molecule has 0 spiro atoms. The Hall–Kier alpha value is -2.60. The van der Waals surface area contributed by atoms with Gasteiger partial charge in [-0.3, -0.25) is 0 Å². The molecule has 10 nitrogen and oxygen atoms in total. The summed E-state index contributed by atoms with van der Waals surface area (Å²) < 4.78 is 6.74. The van der Waals surface area contributed by atoms with Gasteiger partial charge < -0.3 is 30.1 Å². The van der Waals surface area contributed by atoms with Gasteiger partial charge in [0.2, 0.25) is 0 Å². The standard InChI is InChI=1S/C21H25N3O7/c1-2-12-6-8-13(9-7-12)10-24-17-14(22-23-24)4-3-5-15(17)30-31-20-19(27)18(26)16(11-25)29-21(20)28/h3-9,16,18-21,25-28H,2,10-11H2,1H3/t16-,18-,19+,20-,21?/m1/s1. The molecule has 0 aliphatic carbocycles. The van der Waals surface area contributed by atoms with Gasteiger partial charge in [0, 0.05) is 0 Å². The Balaban J connectivity index is 1.53. The largest absolute Gasteiger partial charge is 0.394 e. The third kappa shape index (κ3) is 4.40.